The first-order chi connectivity index (χ1) is 8.72. The molecule has 1 aliphatic rings. The highest BCUT2D eigenvalue weighted by Gasteiger charge is 2.29. The first-order valence-corrected chi connectivity index (χ1v) is 7.31. The Balaban J connectivity index is 0.00000180. The van der Waals surface area contributed by atoms with E-state index in [1.807, 2.05) is 23.9 Å². The SMILES string of the molecule is CN=C(NCc1ccco1)NCC1(C)CCCS1.I. The van der Waals surface area contributed by atoms with E-state index in [-0.39, 0.29) is 24.0 Å². The van der Waals surface area contributed by atoms with Crippen LogP contribution >= 0.6 is 35.7 Å². The minimum Gasteiger partial charge on any atom is -0.467 e. The van der Waals surface area contributed by atoms with Gasteiger partial charge in [-0.05, 0) is 37.7 Å². The standard InChI is InChI=1S/C13H21N3OS.HI/c1-13(6-4-8-18-13)10-16-12(14-2)15-9-11-5-3-7-17-11;/h3,5,7H,4,6,8-10H2,1-2H3,(H2,14,15,16);1H. The average Bonchev–Trinajstić information content (AvgIpc) is 3.01. The van der Waals surface area contributed by atoms with Crippen LogP contribution in [0.5, 0.6) is 0 Å². The van der Waals surface area contributed by atoms with Crippen molar-refractivity contribution in [1.82, 2.24) is 10.6 Å². The molecule has 2 N–H and O–H groups in total. The summed E-state index contributed by atoms with van der Waals surface area (Å²) in [4.78, 5) is 4.22. The highest BCUT2D eigenvalue weighted by atomic mass is 127. The van der Waals surface area contributed by atoms with Crippen LogP contribution in [-0.2, 0) is 6.54 Å². The molecule has 1 saturated heterocycles. The number of furan rings is 1. The zero-order chi connectivity index (χ0) is 12.8. The van der Waals surface area contributed by atoms with Crippen molar-refractivity contribution in [3.8, 4) is 0 Å². The lowest BCUT2D eigenvalue weighted by atomic mass is 10.1. The summed E-state index contributed by atoms with van der Waals surface area (Å²) in [5, 5.41) is 6.64. The first-order valence-electron chi connectivity index (χ1n) is 6.33. The van der Waals surface area contributed by atoms with Crippen LogP contribution in [0.15, 0.2) is 27.8 Å². The van der Waals surface area contributed by atoms with E-state index in [4.69, 9.17) is 4.42 Å². The second kappa shape index (κ2) is 8.04. The molecule has 2 heterocycles. The molecule has 1 atom stereocenters. The summed E-state index contributed by atoms with van der Waals surface area (Å²) in [6.07, 6.45) is 4.28. The molecule has 0 amide bonds. The number of halogens is 1. The van der Waals surface area contributed by atoms with Gasteiger partial charge < -0.3 is 15.1 Å². The maximum Gasteiger partial charge on any atom is 0.191 e. The van der Waals surface area contributed by atoms with Crippen LogP contribution in [0.2, 0.25) is 0 Å². The number of aliphatic imine (C=N–C) groups is 1. The summed E-state index contributed by atoms with van der Waals surface area (Å²) in [5.74, 6) is 3.02. The molecule has 1 aromatic rings. The Morgan fingerprint density at radius 3 is 2.95 bits per heavy atom. The monoisotopic (exact) mass is 395 g/mol. The van der Waals surface area contributed by atoms with Crippen molar-refractivity contribution in [1.29, 1.82) is 0 Å². The van der Waals surface area contributed by atoms with Crippen molar-refractivity contribution in [2.75, 3.05) is 19.3 Å². The van der Waals surface area contributed by atoms with E-state index in [1.54, 1.807) is 13.3 Å². The fourth-order valence-electron chi connectivity index (χ4n) is 2.05. The molecule has 1 unspecified atom stereocenters. The third-order valence-corrected chi connectivity index (χ3v) is 4.70. The predicted molar refractivity (Wildman–Crippen MR) is 92.4 cm³/mol. The van der Waals surface area contributed by atoms with E-state index in [0.29, 0.717) is 11.3 Å². The van der Waals surface area contributed by atoms with Gasteiger partial charge in [-0.2, -0.15) is 11.8 Å². The normalized spacial score (nSPS) is 22.9. The fourth-order valence-corrected chi connectivity index (χ4v) is 3.30. The summed E-state index contributed by atoms with van der Waals surface area (Å²) in [5.41, 5.74) is 0. The molecule has 1 aromatic heterocycles. The fraction of sp³-hybridized carbons (Fsp3) is 0.615. The van der Waals surface area contributed by atoms with Crippen LogP contribution in [-0.4, -0.2) is 30.1 Å². The lowest BCUT2D eigenvalue weighted by Gasteiger charge is -2.24. The first kappa shape index (κ1) is 16.7. The van der Waals surface area contributed by atoms with Crippen molar-refractivity contribution >= 4 is 41.7 Å². The van der Waals surface area contributed by atoms with Gasteiger partial charge in [-0.25, -0.2) is 0 Å². The molecular weight excluding hydrogens is 373 g/mol. The molecule has 0 spiro atoms. The Labute approximate surface area is 136 Å². The molecule has 0 radical (unpaired) electrons. The van der Waals surface area contributed by atoms with Gasteiger partial charge in [0.15, 0.2) is 5.96 Å². The number of thioether (sulfide) groups is 1. The quantitative estimate of drug-likeness (QED) is 0.468. The summed E-state index contributed by atoms with van der Waals surface area (Å²) >= 11 is 2.05. The van der Waals surface area contributed by atoms with E-state index in [1.165, 1.54) is 18.6 Å². The van der Waals surface area contributed by atoms with E-state index >= 15 is 0 Å². The summed E-state index contributed by atoms with van der Waals surface area (Å²) < 4.78 is 5.63. The summed E-state index contributed by atoms with van der Waals surface area (Å²) in [6.45, 7) is 3.93. The number of hydrogen-bond acceptors (Lipinski definition) is 3. The van der Waals surface area contributed by atoms with Crippen molar-refractivity contribution in [2.24, 2.45) is 4.99 Å². The molecule has 6 heteroatoms. The number of rotatable bonds is 4. The van der Waals surface area contributed by atoms with Gasteiger partial charge in [0.25, 0.3) is 0 Å². The Kier molecular flexibility index (Phi) is 7.06. The largest absolute Gasteiger partial charge is 0.467 e. The molecule has 1 aliphatic heterocycles. The zero-order valence-corrected chi connectivity index (χ0v) is 14.6. The Bertz CT molecular complexity index is 389. The van der Waals surface area contributed by atoms with Crippen LogP contribution < -0.4 is 10.6 Å². The van der Waals surface area contributed by atoms with Crippen LogP contribution in [0, 0.1) is 0 Å². The van der Waals surface area contributed by atoms with Gasteiger partial charge in [0, 0.05) is 18.3 Å². The van der Waals surface area contributed by atoms with Crippen molar-refractivity contribution < 1.29 is 4.42 Å². The summed E-state index contributed by atoms with van der Waals surface area (Å²) in [6, 6.07) is 3.85. The third-order valence-electron chi connectivity index (χ3n) is 3.16. The predicted octanol–water partition coefficient (Wildman–Crippen LogP) is 2.85. The maximum absolute atomic E-state index is 5.28. The topological polar surface area (TPSA) is 49.6 Å². The molecule has 0 saturated carbocycles. The lowest BCUT2D eigenvalue weighted by molar-refractivity contribution is 0.500. The summed E-state index contributed by atoms with van der Waals surface area (Å²) in [7, 11) is 1.79. The van der Waals surface area contributed by atoms with Gasteiger partial charge in [-0.3, -0.25) is 4.99 Å². The zero-order valence-electron chi connectivity index (χ0n) is 11.4. The molecule has 0 bridgehead atoms. The van der Waals surface area contributed by atoms with Crippen LogP contribution in [0.1, 0.15) is 25.5 Å². The number of hydrogen-bond donors (Lipinski definition) is 2. The molecule has 19 heavy (non-hydrogen) atoms. The van der Waals surface area contributed by atoms with Crippen molar-refractivity contribution in [2.45, 2.75) is 31.1 Å². The minimum atomic E-state index is 0. The van der Waals surface area contributed by atoms with Gasteiger partial charge >= 0.3 is 0 Å². The third kappa shape index (κ3) is 5.25. The van der Waals surface area contributed by atoms with Gasteiger partial charge in [-0.1, -0.05) is 0 Å². The molecular formula is C13H22IN3OS. The Hall–Kier alpha value is -0.370. The van der Waals surface area contributed by atoms with Crippen LogP contribution in [0.4, 0.5) is 0 Å². The van der Waals surface area contributed by atoms with Crippen molar-refractivity contribution in [3.05, 3.63) is 24.2 Å². The Morgan fingerprint density at radius 1 is 1.53 bits per heavy atom. The second-order valence-electron chi connectivity index (χ2n) is 4.76. The van der Waals surface area contributed by atoms with E-state index < -0.39 is 0 Å². The second-order valence-corrected chi connectivity index (χ2v) is 6.44. The molecule has 4 nitrogen and oxygen atoms in total. The highest BCUT2D eigenvalue weighted by Crippen LogP contribution is 2.36. The van der Waals surface area contributed by atoms with E-state index in [9.17, 15) is 0 Å². The molecule has 2 rings (SSSR count). The minimum absolute atomic E-state index is 0. The van der Waals surface area contributed by atoms with Crippen LogP contribution in [0.25, 0.3) is 0 Å². The molecule has 0 aromatic carbocycles. The van der Waals surface area contributed by atoms with E-state index in [2.05, 4.69) is 22.5 Å². The maximum atomic E-state index is 5.28. The van der Waals surface area contributed by atoms with Gasteiger partial charge in [0.1, 0.15) is 5.76 Å². The number of nitrogens with zero attached hydrogens (tertiary/aromatic N) is 1. The smallest absolute Gasteiger partial charge is 0.191 e. The Morgan fingerprint density at radius 2 is 2.37 bits per heavy atom. The number of guanidine groups is 1. The highest BCUT2D eigenvalue weighted by molar-refractivity contribution is 14.0. The lowest BCUT2D eigenvalue weighted by Crippen LogP contribution is -2.43. The van der Waals surface area contributed by atoms with Gasteiger partial charge in [0.05, 0.1) is 12.8 Å². The van der Waals surface area contributed by atoms with Gasteiger partial charge in [-0.15, -0.1) is 24.0 Å². The number of nitrogens with one attached hydrogen (secondary N) is 2. The van der Waals surface area contributed by atoms with Gasteiger partial charge in [0.2, 0.25) is 0 Å². The molecule has 1 fully saturated rings. The average molecular weight is 395 g/mol. The molecule has 0 aliphatic carbocycles. The van der Waals surface area contributed by atoms with Crippen molar-refractivity contribution in [3.63, 3.8) is 0 Å². The van der Waals surface area contributed by atoms with Crippen LogP contribution in [0.3, 0.4) is 0 Å². The molecule has 108 valence electrons. The van der Waals surface area contributed by atoms with E-state index in [0.717, 1.165) is 18.3 Å².